The molecule has 0 fully saturated rings. The lowest BCUT2D eigenvalue weighted by Crippen LogP contribution is -2.39. The third-order valence-corrected chi connectivity index (χ3v) is 6.06. The van der Waals surface area contributed by atoms with Crippen LogP contribution in [0.4, 0.5) is 0 Å². The number of para-hydroxylation sites is 2. The molecule has 2 aromatic heterocycles. The summed E-state index contributed by atoms with van der Waals surface area (Å²) in [5.41, 5.74) is 2.06. The van der Waals surface area contributed by atoms with E-state index in [0.29, 0.717) is 19.0 Å². The van der Waals surface area contributed by atoms with E-state index in [1.54, 1.807) is 11.3 Å². The molecule has 0 bridgehead atoms. The van der Waals surface area contributed by atoms with E-state index in [1.807, 2.05) is 44.3 Å². The third kappa shape index (κ3) is 4.26. The maximum Gasteiger partial charge on any atom is 0.191 e. The van der Waals surface area contributed by atoms with E-state index >= 15 is 0 Å². The van der Waals surface area contributed by atoms with Crippen molar-refractivity contribution in [3.8, 4) is 0 Å². The smallest absolute Gasteiger partial charge is 0.191 e. The number of hydrogen-bond donors (Lipinski definition) is 3. The van der Waals surface area contributed by atoms with E-state index in [9.17, 15) is 5.11 Å². The van der Waals surface area contributed by atoms with Gasteiger partial charge in [0.15, 0.2) is 5.96 Å². The number of aryl methyl sites for hydroxylation is 1. The molecule has 0 saturated heterocycles. The van der Waals surface area contributed by atoms with E-state index in [0.717, 1.165) is 33.7 Å². The van der Waals surface area contributed by atoms with Crippen LogP contribution in [0.5, 0.6) is 0 Å². The Kier molecular flexibility index (Phi) is 5.78. The summed E-state index contributed by atoms with van der Waals surface area (Å²) in [6, 6.07) is 18.3. The number of aliphatic hydroxyl groups excluding tert-OH is 1. The Morgan fingerprint density at radius 2 is 1.97 bits per heavy atom. The first-order chi connectivity index (χ1) is 14.2. The highest BCUT2D eigenvalue weighted by molar-refractivity contribution is 7.19. The average molecular weight is 408 g/mol. The summed E-state index contributed by atoms with van der Waals surface area (Å²) >= 11 is 1.62. The second kappa shape index (κ2) is 8.63. The minimum atomic E-state index is -0.591. The molecule has 0 aliphatic rings. The number of aliphatic imine (C=N–C) groups is 1. The summed E-state index contributed by atoms with van der Waals surface area (Å²) in [6.45, 7) is 3.61. The summed E-state index contributed by atoms with van der Waals surface area (Å²) in [7, 11) is 2.01. The molecule has 0 aliphatic heterocycles. The number of hydrogen-bond acceptors (Lipinski definition) is 4. The van der Waals surface area contributed by atoms with Gasteiger partial charge in [-0.3, -0.25) is 0 Å². The topological polar surface area (TPSA) is 74.5 Å². The van der Waals surface area contributed by atoms with Gasteiger partial charge in [0.1, 0.15) is 18.5 Å². The van der Waals surface area contributed by atoms with Crippen molar-refractivity contribution in [1.82, 2.24) is 20.2 Å². The maximum atomic E-state index is 10.6. The molecule has 6 nitrogen and oxygen atoms in total. The molecule has 4 aromatic rings. The van der Waals surface area contributed by atoms with Crippen LogP contribution >= 0.6 is 11.3 Å². The summed E-state index contributed by atoms with van der Waals surface area (Å²) in [4.78, 5) is 10.3. The van der Waals surface area contributed by atoms with Gasteiger partial charge in [-0.1, -0.05) is 30.3 Å². The van der Waals surface area contributed by atoms with Gasteiger partial charge in [-0.15, -0.1) is 11.3 Å². The van der Waals surface area contributed by atoms with Crippen molar-refractivity contribution in [3.05, 3.63) is 65.3 Å². The summed E-state index contributed by atoms with van der Waals surface area (Å²) < 4.78 is 3.25. The van der Waals surface area contributed by atoms with Gasteiger partial charge in [-0.25, -0.2) is 9.98 Å². The van der Waals surface area contributed by atoms with Gasteiger partial charge in [0.2, 0.25) is 0 Å². The van der Waals surface area contributed by atoms with Crippen molar-refractivity contribution in [1.29, 1.82) is 0 Å². The molecular formula is C22H25N5OS. The molecule has 29 heavy (non-hydrogen) atoms. The van der Waals surface area contributed by atoms with Crippen LogP contribution in [-0.4, -0.2) is 33.7 Å². The number of aliphatic hydroxyl groups is 1. The lowest BCUT2D eigenvalue weighted by Gasteiger charge is -2.14. The minimum Gasteiger partial charge on any atom is -0.386 e. The molecule has 1 unspecified atom stereocenters. The fraction of sp³-hybridized carbons (Fsp3) is 0.273. The quantitative estimate of drug-likeness (QED) is 0.337. The molecule has 0 spiro atoms. The van der Waals surface area contributed by atoms with E-state index in [4.69, 9.17) is 0 Å². The highest BCUT2D eigenvalue weighted by atomic mass is 32.1. The molecule has 7 heteroatoms. The first-order valence-electron chi connectivity index (χ1n) is 9.74. The zero-order valence-electron chi connectivity index (χ0n) is 16.6. The third-order valence-electron chi connectivity index (χ3n) is 4.84. The fourth-order valence-corrected chi connectivity index (χ4v) is 4.34. The number of thiophene rings is 1. The zero-order chi connectivity index (χ0) is 20.2. The van der Waals surface area contributed by atoms with Gasteiger partial charge >= 0.3 is 0 Å². The highest BCUT2D eigenvalue weighted by Crippen LogP contribution is 2.29. The van der Waals surface area contributed by atoms with Crippen molar-refractivity contribution in [2.75, 3.05) is 13.1 Å². The minimum absolute atomic E-state index is 0.390. The van der Waals surface area contributed by atoms with E-state index < -0.39 is 6.10 Å². The second-order valence-electron chi connectivity index (χ2n) is 6.85. The monoisotopic (exact) mass is 407 g/mol. The van der Waals surface area contributed by atoms with E-state index in [-0.39, 0.29) is 0 Å². The zero-order valence-corrected chi connectivity index (χ0v) is 17.4. The number of guanidine groups is 1. The Bertz CT molecular complexity index is 1110. The molecule has 0 aliphatic carbocycles. The van der Waals surface area contributed by atoms with Gasteiger partial charge in [0.05, 0.1) is 11.0 Å². The van der Waals surface area contributed by atoms with Crippen LogP contribution in [0.2, 0.25) is 0 Å². The van der Waals surface area contributed by atoms with Crippen molar-refractivity contribution in [2.24, 2.45) is 12.0 Å². The molecule has 2 aromatic carbocycles. The van der Waals surface area contributed by atoms with Gasteiger partial charge in [-0.2, -0.15) is 0 Å². The predicted molar refractivity (Wildman–Crippen MR) is 120 cm³/mol. The Morgan fingerprint density at radius 1 is 1.17 bits per heavy atom. The number of fused-ring (bicyclic) bond motifs is 2. The lowest BCUT2D eigenvalue weighted by atomic mass is 10.2. The first-order valence-corrected chi connectivity index (χ1v) is 10.6. The van der Waals surface area contributed by atoms with Gasteiger partial charge < -0.3 is 20.3 Å². The molecule has 0 radical (unpaired) electrons. The number of aromatic nitrogens is 2. The second-order valence-corrected chi connectivity index (χ2v) is 7.97. The van der Waals surface area contributed by atoms with E-state index in [1.165, 1.54) is 4.70 Å². The van der Waals surface area contributed by atoms with Crippen LogP contribution in [0.1, 0.15) is 23.7 Å². The summed E-state index contributed by atoms with van der Waals surface area (Å²) in [5, 5.41) is 18.3. The number of nitrogens with one attached hydrogen (secondary N) is 2. The number of nitrogens with zero attached hydrogens (tertiary/aromatic N) is 3. The Labute approximate surface area is 173 Å². The number of imidazole rings is 1. The van der Waals surface area contributed by atoms with Gasteiger partial charge in [0.25, 0.3) is 0 Å². The van der Waals surface area contributed by atoms with Crippen molar-refractivity contribution in [2.45, 2.75) is 19.6 Å². The van der Waals surface area contributed by atoms with Crippen LogP contribution in [0.15, 0.2) is 59.6 Å². The molecule has 1 atom stereocenters. The van der Waals surface area contributed by atoms with E-state index in [2.05, 4.69) is 49.4 Å². The van der Waals surface area contributed by atoms with Crippen LogP contribution in [0, 0.1) is 0 Å². The molecule has 2 heterocycles. The Hall–Kier alpha value is -2.90. The van der Waals surface area contributed by atoms with Crippen LogP contribution in [0.3, 0.4) is 0 Å². The van der Waals surface area contributed by atoms with Crippen LogP contribution in [0.25, 0.3) is 21.1 Å². The molecule has 0 amide bonds. The van der Waals surface area contributed by atoms with Gasteiger partial charge in [0, 0.05) is 29.7 Å². The normalized spacial score (nSPS) is 13.1. The number of benzene rings is 2. The maximum absolute atomic E-state index is 10.6. The molecule has 4 rings (SSSR count). The molecule has 3 N–H and O–H groups in total. The fourth-order valence-electron chi connectivity index (χ4n) is 3.29. The standard InChI is InChI=1S/C22H25N5OS/c1-3-23-22(25-14-21-26-16-9-5-6-10-17(16)27(21)2)24-13-18(28)20-12-15-8-4-7-11-19(15)29-20/h4-12,18,28H,3,13-14H2,1-2H3,(H2,23,24,25). The van der Waals surface area contributed by atoms with Gasteiger partial charge in [-0.05, 0) is 36.6 Å². The van der Waals surface area contributed by atoms with Crippen LogP contribution in [-0.2, 0) is 13.6 Å². The summed E-state index contributed by atoms with van der Waals surface area (Å²) in [5.74, 6) is 1.56. The van der Waals surface area contributed by atoms with Crippen molar-refractivity contribution < 1.29 is 5.11 Å². The summed E-state index contributed by atoms with van der Waals surface area (Å²) in [6.07, 6.45) is -0.591. The predicted octanol–water partition coefficient (Wildman–Crippen LogP) is 3.58. The molecule has 150 valence electrons. The Balaban J connectivity index is 1.44. The first kappa shape index (κ1) is 19.4. The largest absolute Gasteiger partial charge is 0.386 e. The highest BCUT2D eigenvalue weighted by Gasteiger charge is 2.12. The van der Waals surface area contributed by atoms with Crippen LogP contribution < -0.4 is 10.6 Å². The molecular weight excluding hydrogens is 382 g/mol. The number of rotatable bonds is 6. The average Bonchev–Trinajstić information content (AvgIpc) is 3.31. The molecule has 0 saturated carbocycles. The Morgan fingerprint density at radius 3 is 2.76 bits per heavy atom. The van der Waals surface area contributed by atoms with Crippen molar-refractivity contribution in [3.63, 3.8) is 0 Å². The van der Waals surface area contributed by atoms with Crippen molar-refractivity contribution >= 4 is 38.4 Å². The lowest BCUT2D eigenvalue weighted by molar-refractivity contribution is 0.184. The SMILES string of the molecule is CCNC(=NCc1nc2ccccc2n1C)NCC(O)c1cc2ccccc2s1.